The molecule has 0 fully saturated rings. The van der Waals surface area contributed by atoms with E-state index in [1.807, 2.05) is 37.3 Å². The monoisotopic (exact) mass is 407 g/mol. The number of hydrogen-bond acceptors (Lipinski definition) is 4. The minimum absolute atomic E-state index is 0.0608. The zero-order chi connectivity index (χ0) is 18.6. The van der Waals surface area contributed by atoms with Crippen LogP contribution >= 0.6 is 15.9 Å². The summed E-state index contributed by atoms with van der Waals surface area (Å²) in [6.07, 6.45) is 0. The number of benzene rings is 2. The lowest BCUT2D eigenvalue weighted by Crippen LogP contribution is -2.27. The molecule has 2 aromatic carbocycles. The lowest BCUT2D eigenvalue weighted by Gasteiger charge is -2.24. The van der Waals surface area contributed by atoms with Crippen molar-refractivity contribution in [3.63, 3.8) is 0 Å². The van der Waals surface area contributed by atoms with E-state index >= 15 is 0 Å². The molecule has 0 saturated carbocycles. The van der Waals surface area contributed by atoms with E-state index in [0.29, 0.717) is 22.7 Å². The van der Waals surface area contributed by atoms with Crippen LogP contribution in [-0.4, -0.2) is 32.7 Å². The smallest absolute Gasteiger partial charge is 0.224 e. The molecule has 0 unspecified atom stereocenters. The lowest BCUT2D eigenvalue weighted by atomic mass is 9.98. The summed E-state index contributed by atoms with van der Waals surface area (Å²) in [5, 5.41) is 0. The Hall–Kier alpha value is -2.21. The van der Waals surface area contributed by atoms with Gasteiger partial charge in [0, 0.05) is 23.6 Å². The third-order valence-corrected chi connectivity index (χ3v) is 4.55. The molecule has 2 aromatic rings. The molecule has 0 aliphatic heterocycles. The molecule has 25 heavy (non-hydrogen) atoms. The highest BCUT2D eigenvalue weighted by Crippen LogP contribution is 2.47. The van der Waals surface area contributed by atoms with Crippen molar-refractivity contribution in [1.82, 2.24) is 0 Å². The van der Waals surface area contributed by atoms with E-state index in [-0.39, 0.29) is 5.91 Å². The number of anilines is 1. The summed E-state index contributed by atoms with van der Waals surface area (Å²) in [7, 11) is 4.81. The van der Waals surface area contributed by atoms with Crippen LogP contribution in [0.3, 0.4) is 0 Å². The van der Waals surface area contributed by atoms with Crippen LogP contribution in [-0.2, 0) is 4.79 Å². The van der Waals surface area contributed by atoms with Crippen molar-refractivity contribution in [2.75, 3.05) is 31.7 Å². The predicted octanol–water partition coefficient (Wildman–Crippen LogP) is 4.39. The highest BCUT2D eigenvalue weighted by atomic mass is 79.9. The highest BCUT2D eigenvalue weighted by molar-refractivity contribution is 9.09. The Morgan fingerprint density at radius 2 is 1.68 bits per heavy atom. The summed E-state index contributed by atoms with van der Waals surface area (Å²) in [5.74, 6) is 1.84. The van der Waals surface area contributed by atoms with E-state index in [2.05, 4.69) is 15.9 Å². The summed E-state index contributed by atoms with van der Waals surface area (Å²) >= 11 is 3.39. The van der Waals surface area contributed by atoms with Crippen molar-refractivity contribution in [1.29, 1.82) is 0 Å². The average Bonchev–Trinajstić information content (AvgIpc) is 2.62. The normalized spacial score (nSPS) is 10.3. The summed E-state index contributed by atoms with van der Waals surface area (Å²) < 4.78 is 16.7. The Morgan fingerprint density at radius 3 is 2.20 bits per heavy atom. The second-order valence-corrected chi connectivity index (χ2v) is 5.90. The molecule has 0 bridgehead atoms. The van der Waals surface area contributed by atoms with Gasteiger partial charge in [-0.15, -0.1) is 0 Å². The first-order valence-electron chi connectivity index (χ1n) is 7.73. The molecule has 2 rings (SSSR count). The molecule has 6 heteroatoms. The first-order chi connectivity index (χ1) is 12.0. The molecule has 0 saturated heterocycles. The van der Waals surface area contributed by atoms with Gasteiger partial charge in [0.2, 0.25) is 5.91 Å². The molecule has 0 aliphatic rings. The third-order valence-electron chi connectivity index (χ3n) is 4.05. The number of rotatable bonds is 6. The Labute approximate surface area is 156 Å². The Balaban J connectivity index is 2.81. The number of ether oxygens (including phenoxy) is 3. The minimum Gasteiger partial charge on any atom is -0.496 e. The summed E-state index contributed by atoms with van der Waals surface area (Å²) in [4.78, 5) is 13.7. The number of carbonyl (C=O) groups excluding carboxylic acids is 1. The van der Waals surface area contributed by atoms with Gasteiger partial charge < -0.3 is 19.1 Å². The number of hydrogen-bond donors (Lipinski definition) is 0. The highest BCUT2D eigenvalue weighted by Gasteiger charge is 2.22. The zero-order valence-electron chi connectivity index (χ0n) is 15.1. The first-order valence-corrected chi connectivity index (χ1v) is 8.85. The molecule has 0 atom stereocenters. The predicted molar refractivity (Wildman–Crippen MR) is 103 cm³/mol. The van der Waals surface area contributed by atoms with Gasteiger partial charge in [-0.1, -0.05) is 34.1 Å². The minimum atomic E-state index is -0.0608. The van der Waals surface area contributed by atoms with Gasteiger partial charge in [-0.3, -0.25) is 4.79 Å². The molecule has 5 nitrogen and oxygen atoms in total. The van der Waals surface area contributed by atoms with Crippen molar-refractivity contribution >= 4 is 27.5 Å². The second kappa shape index (κ2) is 8.25. The number of alkyl halides is 1. The largest absolute Gasteiger partial charge is 0.496 e. The van der Waals surface area contributed by atoms with Crippen molar-refractivity contribution in [2.24, 2.45) is 0 Å². The van der Waals surface area contributed by atoms with E-state index < -0.39 is 0 Å². The van der Waals surface area contributed by atoms with Crippen LogP contribution in [0.15, 0.2) is 30.3 Å². The Kier molecular flexibility index (Phi) is 6.31. The van der Waals surface area contributed by atoms with Gasteiger partial charge in [0.1, 0.15) is 5.75 Å². The molecule has 134 valence electrons. The number of para-hydroxylation sites is 1. The van der Waals surface area contributed by atoms with Crippen LogP contribution < -0.4 is 19.1 Å². The van der Waals surface area contributed by atoms with E-state index in [4.69, 9.17) is 14.2 Å². The van der Waals surface area contributed by atoms with Crippen molar-refractivity contribution in [2.45, 2.75) is 13.8 Å². The van der Waals surface area contributed by atoms with Crippen molar-refractivity contribution in [3.05, 3.63) is 35.9 Å². The maximum atomic E-state index is 12.0. The second-order valence-electron chi connectivity index (χ2n) is 5.40. The number of amides is 1. The molecule has 0 radical (unpaired) electrons. The van der Waals surface area contributed by atoms with Crippen molar-refractivity contribution in [3.8, 4) is 28.4 Å². The zero-order valence-corrected chi connectivity index (χ0v) is 16.6. The summed E-state index contributed by atoms with van der Waals surface area (Å²) in [6.45, 7) is 3.45. The fourth-order valence-corrected chi connectivity index (χ4v) is 3.45. The molecule has 0 aliphatic carbocycles. The average molecular weight is 408 g/mol. The van der Waals surface area contributed by atoms with Crippen LogP contribution in [0.4, 0.5) is 5.69 Å². The van der Waals surface area contributed by atoms with Gasteiger partial charge >= 0.3 is 0 Å². The maximum Gasteiger partial charge on any atom is 0.224 e. The topological polar surface area (TPSA) is 48.0 Å². The quantitative estimate of drug-likeness (QED) is 0.526. The van der Waals surface area contributed by atoms with Crippen LogP contribution in [0.5, 0.6) is 17.2 Å². The number of carbonyl (C=O) groups is 1. The van der Waals surface area contributed by atoms with Gasteiger partial charge in [0.25, 0.3) is 0 Å². The Morgan fingerprint density at radius 1 is 1.04 bits per heavy atom. The molecule has 0 spiro atoms. The third kappa shape index (κ3) is 3.58. The maximum absolute atomic E-state index is 12.0. The van der Waals surface area contributed by atoms with Crippen molar-refractivity contribution < 1.29 is 19.0 Å². The number of halogens is 1. The van der Waals surface area contributed by atoms with Crippen LogP contribution in [0, 0.1) is 6.92 Å². The number of nitrogens with zero attached hydrogens (tertiary/aromatic N) is 1. The first kappa shape index (κ1) is 19.1. The van der Waals surface area contributed by atoms with Gasteiger partial charge in [-0.25, -0.2) is 0 Å². The van der Waals surface area contributed by atoms with Gasteiger partial charge in [0.05, 0.1) is 32.5 Å². The van der Waals surface area contributed by atoms with E-state index in [1.165, 1.54) is 6.92 Å². The Bertz CT molecular complexity index is 776. The van der Waals surface area contributed by atoms with Gasteiger partial charge in [-0.2, -0.15) is 0 Å². The van der Waals surface area contributed by atoms with Crippen LogP contribution in [0.25, 0.3) is 11.1 Å². The summed E-state index contributed by atoms with van der Waals surface area (Å²) in [5.41, 5.74) is 3.67. The fourth-order valence-electron chi connectivity index (χ4n) is 2.82. The van der Waals surface area contributed by atoms with Crippen LogP contribution in [0.2, 0.25) is 0 Å². The summed E-state index contributed by atoms with van der Waals surface area (Å²) in [6, 6.07) is 9.56. The number of methoxy groups -OCH3 is 3. The molecule has 1 amide bonds. The van der Waals surface area contributed by atoms with Gasteiger partial charge in [-0.05, 0) is 19.1 Å². The standard InChI is InChI=1S/C19H22BrNO4/c1-12-17(23-3)10-15(19(25-5)18(12)24-4)14-8-6-7-9-16(14)21(11-20)13(2)22/h6-10H,11H2,1-5H3. The van der Waals surface area contributed by atoms with E-state index in [1.54, 1.807) is 26.2 Å². The van der Waals surface area contributed by atoms with E-state index in [9.17, 15) is 4.79 Å². The molecule has 0 aromatic heterocycles. The van der Waals surface area contributed by atoms with Gasteiger partial charge in [0.15, 0.2) is 11.5 Å². The lowest BCUT2D eigenvalue weighted by molar-refractivity contribution is -0.116. The fraction of sp³-hybridized carbons (Fsp3) is 0.316. The molecular weight excluding hydrogens is 386 g/mol. The SMILES string of the molecule is COc1cc(-c2ccccc2N(CBr)C(C)=O)c(OC)c(OC)c1C. The molecular formula is C19H22BrNO4. The van der Waals surface area contributed by atoms with Crippen LogP contribution in [0.1, 0.15) is 12.5 Å². The molecule has 0 heterocycles. The van der Waals surface area contributed by atoms with E-state index in [0.717, 1.165) is 22.4 Å². The molecule has 0 N–H and O–H groups in total.